The molecule has 2 heterocycles. The van der Waals surface area contributed by atoms with E-state index in [4.69, 9.17) is 14.2 Å². The van der Waals surface area contributed by atoms with E-state index in [9.17, 15) is 4.79 Å². The summed E-state index contributed by atoms with van der Waals surface area (Å²) in [5, 5.41) is 10.6. The monoisotopic (exact) mass is 414 g/mol. The highest BCUT2D eigenvalue weighted by atomic mass is 32.1. The molecule has 29 heavy (non-hydrogen) atoms. The van der Waals surface area contributed by atoms with E-state index in [1.165, 1.54) is 11.3 Å². The second kappa shape index (κ2) is 8.12. The number of hydrogen-bond acceptors (Lipinski definition) is 7. The highest BCUT2D eigenvalue weighted by Gasteiger charge is 2.19. The van der Waals surface area contributed by atoms with Gasteiger partial charge in [-0.05, 0) is 43.9 Å². The minimum Gasteiger partial charge on any atom is -0.493 e. The average molecular weight is 414 g/mol. The first-order valence-electron chi connectivity index (χ1n) is 9.28. The summed E-state index contributed by atoms with van der Waals surface area (Å²) in [5.74, 6) is 1.26. The number of ether oxygens (including phenoxy) is 3. The van der Waals surface area contributed by atoms with E-state index in [1.54, 1.807) is 50.9 Å². The molecule has 4 rings (SSSR count). The molecule has 0 unspecified atom stereocenters. The van der Waals surface area contributed by atoms with Crippen LogP contribution in [0.2, 0.25) is 0 Å². The maximum Gasteiger partial charge on any atom is 0.275 e. The van der Waals surface area contributed by atoms with Gasteiger partial charge in [0.2, 0.25) is 5.75 Å². The van der Waals surface area contributed by atoms with Gasteiger partial charge < -0.3 is 14.2 Å². The second-order valence-corrected chi connectivity index (χ2v) is 7.71. The summed E-state index contributed by atoms with van der Waals surface area (Å²) in [4.78, 5) is 18.5. The number of carbonyl (C=O) groups is 1. The molecule has 1 aliphatic carbocycles. The molecule has 3 aromatic rings. The lowest BCUT2D eigenvalue weighted by Crippen LogP contribution is -2.12. The Kier molecular flexibility index (Phi) is 5.39. The van der Waals surface area contributed by atoms with Gasteiger partial charge >= 0.3 is 0 Å². The van der Waals surface area contributed by atoms with Crippen molar-refractivity contribution in [1.82, 2.24) is 15.2 Å². The standard InChI is InChI=1S/C20H22N4O4S/c1-26-15-8-11(9-16(27-2)18(15)28-3)13-10-14(24-23-13)19(25)22-20-21-12-6-4-5-7-17(12)29-20/h8-10H,4-7H2,1-3H3,(H,23,24)(H,21,22,25). The Balaban J connectivity index is 1.56. The lowest BCUT2D eigenvalue weighted by molar-refractivity contribution is 0.102. The van der Waals surface area contributed by atoms with Crippen LogP contribution in [0.1, 0.15) is 33.9 Å². The summed E-state index contributed by atoms with van der Waals surface area (Å²) in [6, 6.07) is 5.26. The first-order valence-corrected chi connectivity index (χ1v) is 10.1. The zero-order chi connectivity index (χ0) is 20.4. The van der Waals surface area contributed by atoms with Gasteiger partial charge in [-0.3, -0.25) is 15.2 Å². The van der Waals surface area contributed by atoms with Gasteiger partial charge in [0, 0.05) is 10.4 Å². The molecule has 9 heteroatoms. The number of amides is 1. The molecule has 0 aliphatic heterocycles. The van der Waals surface area contributed by atoms with E-state index in [2.05, 4.69) is 20.5 Å². The summed E-state index contributed by atoms with van der Waals surface area (Å²) < 4.78 is 16.1. The van der Waals surface area contributed by atoms with Crippen LogP contribution in [0.4, 0.5) is 5.13 Å². The van der Waals surface area contributed by atoms with Crippen LogP contribution in [-0.2, 0) is 12.8 Å². The molecule has 2 N–H and O–H groups in total. The van der Waals surface area contributed by atoms with Crippen LogP contribution in [0.5, 0.6) is 17.2 Å². The predicted molar refractivity (Wildman–Crippen MR) is 110 cm³/mol. The molecule has 1 aromatic carbocycles. The Morgan fingerprint density at radius 1 is 1.07 bits per heavy atom. The van der Waals surface area contributed by atoms with Crippen molar-refractivity contribution < 1.29 is 19.0 Å². The molecule has 0 saturated carbocycles. The fourth-order valence-corrected chi connectivity index (χ4v) is 4.43. The van der Waals surface area contributed by atoms with Crippen molar-refractivity contribution in [1.29, 1.82) is 0 Å². The molecule has 2 aromatic heterocycles. The molecule has 0 fully saturated rings. The van der Waals surface area contributed by atoms with E-state index in [0.29, 0.717) is 33.8 Å². The predicted octanol–water partition coefficient (Wildman–Crippen LogP) is 3.69. The maximum absolute atomic E-state index is 12.6. The first kappa shape index (κ1) is 19.3. The number of H-pyrrole nitrogens is 1. The van der Waals surface area contributed by atoms with Crippen molar-refractivity contribution in [3.63, 3.8) is 0 Å². The van der Waals surface area contributed by atoms with Gasteiger partial charge in [0.15, 0.2) is 16.6 Å². The summed E-state index contributed by atoms with van der Waals surface area (Å²) in [5.41, 5.74) is 2.79. The number of aromatic amines is 1. The molecule has 0 radical (unpaired) electrons. The summed E-state index contributed by atoms with van der Waals surface area (Å²) in [6.45, 7) is 0. The lowest BCUT2D eigenvalue weighted by Gasteiger charge is -2.13. The number of rotatable bonds is 6. The molecule has 0 saturated heterocycles. The van der Waals surface area contributed by atoms with Crippen molar-refractivity contribution in [2.24, 2.45) is 0 Å². The fraction of sp³-hybridized carbons (Fsp3) is 0.350. The zero-order valence-electron chi connectivity index (χ0n) is 16.5. The minimum absolute atomic E-state index is 0.276. The summed E-state index contributed by atoms with van der Waals surface area (Å²) in [6.07, 6.45) is 4.36. The molecule has 152 valence electrons. The number of benzene rings is 1. The topological polar surface area (TPSA) is 98.4 Å². The van der Waals surface area contributed by atoms with E-state index in [1.807, 2.05) is 0 Å². The van der Waals surface area contributed by atoms with Gasteiger partial charge in [0.1, 0.15) is 5.69 Å². The fourth-order valence-electron chi connectivity index (χ4n) is 3.38. The number of anilines is 1. The number of methoxy groups -OCH3 is 3. The molecule has 1 aliphatic rings. The van der Waals surface area contributed by atoms with E-state index < -0.39 is 0 Å². The van der Waals surface area contributed by atoms with Crippen molar-refractivity contribution in [2.75, 3.05) is 26.6 Å². The number of nitrogens with zero attached hydrogens (tertiary/aromatic N) is 2. The van der Waals surface area contributed by atoms with Gasteiger partial charge in [-0.1, -0.05) is 0 Å². The number of aryl methyl sites for hydroxylation is 2. The van der Waals surface area contributed by atoms with Crippen molar-refractivity contribution in [3.8, 4) is 28.5 Å². The first-order chi connectivity index (χ1) is 14.1. The number of hydrogen-bond donors (Lipinski definition) is 2. The van der Waals surface area contributed by atoms with Crippen LogP contribution in [-0.4, -0.2) is 42.4 Å². The van der Waals surface area contributed by atoms with E-state index in [-0.39, 0.29) is 5.91 Å². The minimum atomic E-state index is -0.276. The van der Waals surface area contributed by atoms with Crippen LogP contribution >= 0.6 is 11.3 Å². The van der Waals surface area contributed by atoms with Crippen LogP contribution in [0.3, 0.4) is 0 Å². The molecule has 0 bridgehead atoms. The number of nitrogens with one attached hydrogen (secondary N) is 2. The largest absolute Gasteiger partial charge is 0.493 e. The third-order valence-corrected chi connectivity index (χ3v) is 5.92. The highest BCUT2D eigenvalue weighted by molar-refractivity contribution is 7.15. The molecule has 8 nitrogen and oxygen atoms in total. The normalized spacial score (nSPS) is 12.9. The number of aromatic nitrogens is 3. The molecule has 0 spiro atoms. The average Bonchev–Trinajstić information content (AvgIpc) is 3.39. The van der Waals surface area contributed by atoms with Gasteiger partial charge in [-0.25, -0.2) is 4.98 Å². The van der Waals surface area contributed by atoms with E-state index in [0.717, 1.165) is 30.5 Å². The third-order valence-electron chi connectivity index (χ3n) is 4.85. The number of fused-ring (bicyclic) bond motifs is 1. The van der Waals surface area contributed by atoms with Crippen LogP contribution in [0.25, 0.3) is 11.3 Å². The van der Waals surface area contributed by atoms with Crippen molar-refractivity contribution >= 4 is 22.4 Å². The summed E-state index contributed by atoms with van der Waals surface area (Å²) >= 11 is 1.55. The van der Waals surface area contributed by atoms with E-state index >= 15 is 0 Å². The second-order valence-electron chi connectivity index (χ2n) is 6.63. The maximum atomic E-state index is 12.6. The Morgan fingerprint density at radius 2 is 1.79 bits per heavy atom. The Bertz CT molecular complexity index is 995. The molecule has 1 amide bonds. The lowest BCUT2D eigenvalue weighted by atomic mass is 10.0. The number of carbonyl (C=O) groups excluding carboxylic acids is 1. The van der Waals surface area contributed by atoms with Crippen molar-refractivity contribution in [2.45, 2.75) is 25.7 Å². The van der Waals surface area contributed by atoms with Gasteiger partial charge in [-0.15, -0.1) is 11.3 Å². The number of thiazole rings is 1. The Hall–Kier alpha value is -3.07. The smallest absolute Gasteiger partial charge is 0.275 e. The van der Waals surface area contributed by atoms with Crippen LogP contribution < -0.4 is 19.5 Å². The molecule has 0 atom stereocenters. The molecular weight excluding hydrogens is 392 g/mol. The Morgan fingerprint density at radius 3 is 2.45 bits per heavy atom. The van der Waals surface area contributed by atoms with Gasteiger partial charge in [0.05, 0.1) is 32.7 Å². The Labute approximate surface area is 172 Å². The van der Waals surface area contributed by atoms with Crippen molar-refractivity contribution in [3.05, 3.63) is 34.5 Å². The van der Waals surface area contributed by atoms with Gasteiger partial charge in [0.25, 0.3) is 5.91 Å². The van der Waals surface area contributed by atoms with Gasteiger partial charge in [-0.2, -0.15) is 5.10 Å². The third kappa shape index (κ3) is 3.77. The summed E-state index contributed by atoms with van der Waals surface area (Å²) in [7, 11) is 4.66. The zero-order valence-corrected chi connectivity index (χ0v) is 17.3. The quantitative estimate of drug-likeness (QED) is 0.638. The SMILES string of the molecule is COc1cc(-c2cc(C(=O)Nc3nc4c(s3)CCCC4)[nH]n2)cc(OC)c1OC. The molecular formula is C20H22N4O4S. The van der Waals surface area contributed by atoms with Crippen LogP contribution in [0.15, 0.2) is 18.2 Å². The highest BCUT2D eigenvalue weighted by Crippen LogP contribution is 2.41. The van der Waals surface area contributed by atoms with Crippen LogP contribution in [0, 0.1) is 0 Å².